The fourth-order valence-electron chi connectivity index (χ4n) is 1.63. The summed E-state index contributed by atoms with van der Waals surface area (Å²) in [6.45, 7) is 4.58. The summed E-state index contributed by atoms with van der Waals surface area (Å²) < 4.78 is 27.8. The molecule has 0 aliphatic rings. The zero-order chi connectivity index (χ0) is 14.1. The SMILES string of the molecule is CCNCCCNS(=O)(=O)N(C)Cc1ccccc1. The van der Waals surface area contributed by atoms with E-state index in [1.54, 1.807) is 7.05 Å². The Morgan fingerprint density at radius 3 is 2.47 bits per heavy atom. The molecule has 0 saturated carbocycles. The summed E-state index contributed by atoms with van der Waals surface area (Å²) in [7, 11) is -1.81. The molecule has 6 heteroatoms. The number of benzene rings is 1. The standard InChI is InChI=1S/C13H23N3O2S/c1-3-14-10-7-11-15-19(17,18)16(2)12-13-8-5-4-6-9-13/h4-6,8-9,14-15H,3,7,10-12H2,1-2H3. The van der Waals surface area contributed by atoms with Gasteiger partial charge in [0.2, 0.25) is 0 Å². The highest BCUT2D eigenvalue weighted by Crippen LogP contribution is 2.05. The number of hydrogen-bond acceptors (Lipinski definition) is 3. The summed E-state index contributed by atoms with van der Waals surface area (Å²) in [5.41, 5.74) is 0.975. The first-order valence-electron chi connectivity index (χ1n) is 6.52. The van der Waals surface area contributed by atoms with E-state index in [9.17, 15) is 8.42 Å². The van der Waals surface area contributed by atoms with Crippen LogP contribution in [0.2, 0.25) is 0 Å². The summed E-state index contributed by atoms with van der Waals surface area (Å²) in [6, 6.07) is 9.55. The molecule has 0 bridgehead atoms. The van der Waals surface area contributed by atoms with Gasteiger partial charge in [-0.3, -0.25) is 0 Å². The first kappa shape index (κ1) is 16.1. The molecule has 0 aromatic heterocycles. The van der Waals surface area contributed by atoms with Gasteiger partial charge in [-0.05, 0) is 25.1 Å². The van der Waals surface area contributed by atoms with Gasteiger partial charge in [-0.1, -0.05) is 37.3 Å². The molecule has 0 radical (unpaired) electrons. The molecule has 1 rings (SSSR count). The molecule has 0 aliphatic heterocycles. The minimum Gasteiger partial charge on any atom is -0.317 e. The predicted molar refractivity (Wildman–Crippen MR) is 78.0 cm³/mol. The van der Waals surface area contributed by atoms with Crippen molar-refractivity contribution in [3.05, 3.63) is 35.9 Å². The summed E-state index contributed by atoms with van der Waals surface area (Å²) in [5, 5.41) is 3.16. The second kappa shape index (κ2) is 8.27. The third-order valence-corrected chi connectivity index (χ3v) is 4.24. The molecule has 5 nitrogen and oxygen atoms in total. The highest BCUT2D eigenvalue weighted by Gasteiger charge is 2.16. The van der Waals surface area contributed by atoms with Crippen molar-refractivity contribution in [2.75, 3.05) is 26.7 Å². The molecule has 19 heavy (non-hydrogen) atoms. The molecule has 0 spiro atoms. The van der Waals surface area contributed by atoms with Crippen LogP contribution in [0.25, 0.3) is 0 Å². The maximum atomic E-state index is 12.0. The van der Waals surface area contributed by atoms with Crippen LogP contribution in [0.4, 0.5) is 0 Å². The van der Waals surface area contributed by atoms with E-state index in [4.69, 9.17) is 0 Å². The fourth-order valence-corrected chi connectivity index (χ4v) is 2.57. The van der Waals surface area contributed by atoms with Crippen LogP contribution in [0.15, 0.2) is 30.3 Å². The van der Waals surface area contributed by atoms with Crippen LogP contribution < -0.4 is 10.0 Å². The van der Waals surface area contributed by atoms with Crippen molar-refractivity contribution in [3.8, 4) is 0 Å². The van der Waals surface area contributed by atoms with Crippen molar-refractivity contribution in [1.82, 2.24) is 14.3 Å². The topological polar surface area (TPSA) is 61.4 Å². The van der Waals surface area contributed by atoms with Crippen LogP contribution in [0.5, 0.6) is 0 Å². The number of rotatable bonds is 9. The average Bonchev–Trinajstić information content (AvgIpc) is 2.39. The van der Waals surface area contributed by atoms with Gasteiger partial charge in [0.05, 0.1) is 0 Å². The minimum absolute atomic E-state index is 0.378. The molecule has 0 amide bonds. The molecule has 0 unspecified atom stereocenters. The zero-order valence-electron chi connectivity index (χ0n) is 11.6. The minimum atomic E-state index is -3.39. The van der Waals surface area contributed by atoms with Crippen molar-refractivity contribution >= 4 is 10.2 Å². The quantitative estimate of drug-likeness (QED) is 0.664. The Kier molecular flexibility index (Phi) is 7.01. The molecule has 108 valence electrons. The third kappa shape index (κ3) is 6.15. The summed E-state index contributed by atoms with van der Waals surface area (Å²) in [4.78, 5) is 0. The van der Waals surface area contributed by atoms with Gasteiger partial charge in [-0.25, -0.2) is 4.72 Å². The van der Waals surface area contributed by atoms with E-state index in [1.807, 2.05) is 37.3 Å². The summed E-state index contributed by atoms with van der Waals surface area (Å²) in [5.74, 6) is 0. The third-order valence-electron chi connectivity index (χ3n) is 2.72. The molecule has 1 aromatic rings. The molecule has 0 saturated heterocycles. The average molecular weight is 285 g/mol. The van der Waals surface area contributed by atoms with Crippen molar-refractivity contribution in [3.63, 3.8) is 0 Å². The fraction of sp³-hybridized carbons (Fsp3) is 0.538. The van der Waals surface area contributed by atoms with Crippen LogP contribution in [0.1, 0.15) is 18.9 Å². The predicted octanol–water partition coefficient (Wildman–Crippen LogP) is 0.952. The van der Waals surface area contributed by atoms with Gasteiger partial charge in [0, 0.05) is 20.1 Å². The Morgan fingerprint density at radius 2 is 1.84 bits per heavy atom. The van der Waals surface area contributed by atoms with E-state index in [-0.39, 0.29) is 0 Å². The Labute approximate surface area is 116 Å². The normalized spacial score (nSPS) is 11.9. The smallest absolute Gasteiger partial charge is 0.279 e. The van der Waals surface area contributed by atoms with Gasteiger partial charge in [0.15, 0.2) is 0 Å². The van der Waals surface area contributed by atoms with E-state index in [0.29, 0.717) is 13.1 Å². The van der Waals surface area contributed by atoms with Gasteiger partial charge in [-0.15, -0.1) is 0 Å². The Balaban J connectivity index is 2.39. The molecular formula is C13H23N3O2S. The Morgan fingerprint density at radius 1 is 1.16 bits per heavy atom. The summed E-state index contributed by atoms with van der Waals surface area (Å²) >= 11 is 0. The molecule has 0 fully saturated rings. The van der Waals surface area contributed by atoms with E-state index in [0.717, 1.165) is 25.1 Å². The lowest BCUT2D eigenvalue weighted by molar-refractivity contribution is 0.454. The summed E-state index contributed by atoms with van der Waals surface area (Å²) in [6.07, 6.45) is 0.784. The van der Waals surface area contributed by atoms with Gasteiger partial charge >= 0.3 is 0 Å². The Bertz CT molecular complexity index is 448. The zero-order valence-corrected chi connectivity index (χ0v) is 12.4. The van der Waals surface area contributed by atoms with E-state index < -0.39 is 10.2 Å². The number of nitrogens with zero attached hydrogens (tertiary/aromatic N) is 1. The Hall–Kier alpha value is -0.950. The van der Waals surface area contributed by atoms with Crippen LogP contribution in [0, 0.1) is 0 Å². The van der Waals surface area contributed by atoms with Crippen LogP contribution >= 0.6 is 0 Å². The molecule has 1 aromatic carbocycles. The maximum Gasteiger partial charge on any atom is 0.279 e. The van der Waals surface area contributed by atoms with Crippen LogP contribution in [-0.4, -0.2) is 39.4 Å². The first-order chi connectivity index (χ1) is 9.06. The largest absolute Gasteiger partial charge is 0.317 e. The molecule has 0 aliphatic carbocycles. The van der Waals surface area contributed by atoms with Crippen molar-refractivity contribution in [2.24, 2.45) is 0 Å². The van der Waals surface area contributed by atoms with Crippen LogP contribution in [0.3, 0.4) is 0 Å². The van der Waals surface area contributed by atoms with E-state index in [2.05, 4.69) is 10.0 Å². The highest BCUT2D eigenvalue weighted by atomic mass is 32.2. The van der Waals surface area contributed by atoms with Crippen LogP contribution in [-0.2, 0) is 16.8 Å². The lowest BCUT2D eigenvalue weighted by Gasteiger charge is -2.17. The maximum absolute atomic E-state index is 12.0. The number of hydrogen-bond donors (Lipinski definition) is 2. The molecule has 0 heterocycles. The second-order valence-corrected chi connectivity index (χ2v) is 6.21. The van der Waals surface area contributed by atoms with Crippen molar-refractivity contribution < 1.29 is 8.42 Å². The van der Waals surface area contributed by atoms with Gasteiger partial charge in [-0.2, -0.15) is 12.7 Å². The van der Waals surface area contributed by atoms with Crippen molar-refractivity contribution in [2.45, 2.75) is 19.9 Å². The molecule has 0 atom stereocenters. The van der Waals surface area contributed by atoms with E-state index in [1.165, 1.54) is 4.31 Å². The molecule has 2 N–H and O–H groups in total. The van der Waals surface area contributed by atoms with Crippen molar-refractivity contribution in [1.29, 1.82) is 0 Å². The second-order valence-electron chi connectivity index (χ2n) is 4.35. The lowest BCUT2D eigenvalue weighted by Crippen LogP contribution is -2.38. The number of nitrogens with one attached hydrogen (secondary N) is 2. The molecular weight excluding hydrogens is 262 g/mol. The monoisotopic (exact) mass is 285 g/mol. The van der Waals surface area contributed by atoms with Gasteiger partial charge < -0.3 is 5.32 Å². The first-order valence-corrected chi connectivity index (χ1v) is 7.96. The van der Waals surface area contributed by atoms with Gasteiger partial charge in [0.1, 0.15) is 0 Å². The van der Waals surface area contributed by atoms with Gasteiger partial charge in [0.25, 0.3) is 10.2 Å². The lowest BCUT2D eigenvalue weighted by atomic mass is 10.2. The highest BCUT2D eigenvalue weighted by molar-refractivity contribution is 7.87. The van der Waals surface area contributed by atoms with E-state index >= 15 is 0 Å².